The lowest BCUT2D eigenvalue weighted by Crippen LogP contribution is -2.49. The SMILES string of the molecule is C=C/C(=N\N=C(/C)N1CCC2(CCCNC2)CC1)c1ccc(-c2cn[nH]c2)cc1O.CCC. The van der Waals surface area contributed by atoms with Crippen molar-refractivity contribution in [2.75, 3.05) is 26.2 Å². The van der Waals surface area contributed by atoms with Crippen LogP contribution in [0.1, 0.15) is 58.4 Å². The fourth-order valence-electron chi connectivity index (χ4n) is 4.49. The number of allylic oxidation sites excluding steroid dienone is 1. The summed E-state index contributed by atoms with van der Waals surface area (Å²) in [6.07, 6.45) is 11.4. The summed E-state index contributed by atoms with van der Waals surface area (Å²) in [7, 11) is 0. The Morgan fingerprint density at radius 3 is 2.55 bits per heavy atom. The van der Waals surface area contributed by atoms with Crippen molar-refractivity contribution in [1.29, 1.82) is 0 Å². The Morgan fingerprint density at radius 2 is 1.97 bits per heavy atom. The van der Waals surface area contributed by atoms with Crippen LogP contribution in [0.5, 0.6) is 5.75 Å². The molecule has 4 rings (SSSR count). The van der Waals surface area contributed by atoms with Crippen LogP contribution in [0.4, 0.5) is 0 Å². The van der Waals surface area contributed by atoms with Gasteiger partial charge in [0.05, 0.1) is 11.9 Å². The predicted octanol–water partition coefficient (Wildman–Crippen LogP) is 4.97. The quantitative estimate of drug-likeness (QED) is 0.348. The molecule has 2 aliphatic rings. The monoisotopic (exact) mass is 450 g/mol. The van der Waals surface area contributed by atoms with E-state index in [1.165, 1.54) is 32.1 Å². The van der Waals surface area contributed by atoms with Crippen LogP contribution in [0.25, 0.3) is 11.1 Å². The normalized spacial score (nSPS) is 18.6. The second-order valence-corrected chi connectivity index (χ2v) is 9.03. The summed E-state index contributed by atoms with van der Waals surface area (Å²) in [5, 5.41) is 29.7. The van der Waals surface area contributed by atoms with E-state index < -0.39 is 0 Å². The van der Waals surface area contributed by atoms with Gasteiger partial charge in [-0.1, -0.05) is 32.9 Å². The largest absolute Gasteiger partial charge is 0.507 e. The summed E-state index contributed by atoms with van der Waals surface area (Å²) in [5.41, 5.74) is 3.43. The van der Waals surface area contributed by atoms with Gasteiger partial charge in [-0.15, -0.1) is 10.2 Å². The number of phenols is 1. The Balaban J connectivity index is 0.000000968. The Bertz CT molecular complexity index is 947. The molecule has 0 bridgehead atoms. The molecule has 1 aromatic heterocycles. The van der Waals surface area contributed by atoms with E-state index in [1.54, 1.807) is 24.5 Å². The molecule has 0 aliphatic carbocycles. The second kappa shape index (κ2) is 11.8. The molecule has 2 aliphatic heterocycles. The number of H-pyrrole nitrogens is 1. The van der Waals surface area contributed by atoms with Gasteiger partial charge in [0.1, 0.15) is 11.6 Å². The van der Waals surface area contributed by atoms with E-state index in [0.29, 0.717) is 16.7 Å². The number of aromatic hydroxyl groups is 1. The Hall–Kier alpha value is -2.93. The van der Waals surface area contributed by atoms with E-state index >= 15 is 0 Å². The van der Waals surface area contributed by atoms with Gasteiger partial charge >= 0.3 is 0 Å². The fraction of sp³-hybridized carbons (Fsp3) is 0.500. The summed E-state index contributed by atoms with van der Waals surface area (Å²) < 4.78 is 0. The van der Waals surface area contributed by atoms with Crippen LogP contribution >= 0.6 is 0 Å². The molecule has 1 aromatic carbocycles. The van der Waals surface area contributed by atoms with Gasteiger partial charge in [-0.2, -0.15) is 5.10 Å². The lowest BCUT2D eigenvalue weighted by atomic mass is 9.73. The maximum Gasteiger partial charge on any atom is 0.125 e. The van der Waals surface area contributed by atoms with E-state index in [4.69, 9.17) is 0 Å². The summed E-state index contributed by atoms with van der Waals surface area (Å²) >= 11 is 0. The number of likely N-dealkylation sites (tertiary alicyclic amines) is 1. The Labute approximate surface area is 197 Å². The number of hydrogen-bond donors (Lipinski definition) is 3. The number of amidine groups is 1. The average Bonchev–Trinajstić information content (AvgIpc) is 3.37. The van der Waals surface area contributed by atoms with Crippen molar-refractivity contribution in [2.24, 2.45) is 15.6 Å². The highest BCUT2D eigenvalue weighted by atomic mass is 16.3. The van der Waals surface area contributed by atoms with E-state index in [2.05, 4.69) is 51.0 Å². The zero-order chi connectivity index (χ0) is 23.7. The zero-order valence-electron chi connectivity index (χ0n) is 20.3. The maximum atomic E-state index is 10.5. The van der Waals surface area contributed by atoms with Crippen molar-refractivity contribution in [1.82, 2.24) is 20.4 Å². The first-order valence-corrected chi connectivity index (χ1v) is 12.0. The fourth-order valence-corrected chi connectivity index (χ4v) is 4.49. The molecule has 7 nitrogen and oxygen atoms in total. The number of aromatic amines is 1. The number of piperidine rings is 2. The predicted molar refractivity (Wildman–Crippen MR) is 137 cm³/mol. The van der Waals surface area contributed by atoms with Gasteiger partial charge in [-0.05, 0) is 68.3 Å². The van der Waals surface area contributed by atoms with Crippen molar-refractivity contribution in [3.05, 3.63) is 48.8 Å². The summed E-state index contributed by atoms with van der Waals surface area (Å²) in [6.45, 7) is 14.4. The molecule has 2 aromatic rings. The number of benzene rings is 1. The molecular weight excluding hydrogens is 412 g/mol. The van der Waals surface area contributed by atoms with Crippen molar-refractivity contribution in [3.63, 3.8) is 0 Å². The lowest BCUT2D eigenvalue weighted by Gasteiger charge is -2.44. The third-order valence-electron chi connectivity index (χ3n) is 6.44. The van der Waals surface area contributed by atoms with Crippen molar-refractivity contribution in [3.8, 4) is 16.9 Å². The molecule has 1 spiro atoms. The first-order valence-electron chi connectivity index (χ1n) is 12.0. The van der Waals surface area contributed by atoms with Gasteiger partial charge in [0.25, 0.3) is 0 Å². The molecule has 33 heavy (non-hydrogen) atoms. The number of nitrogens with zero attached hydrogens (tertiary/aromatic N) is 4. The molecule has 3 heterocycles. The minimum atomic E-state index is 0.143. The molecular formula is C26H38N6O. The molecule has 3 N–H and O–H groups in total. The number of hydrogen-bond acceptors (Lipinski definition) is 5. The van der Waals surface area contributed by atoms with Crippen LogP contribution < -0.4 is 5.32 Å². The number of phenolic OH excluding ortho intramolecular Hbond substituents is 1. The third kappa shape index (κ3) is 6.32. The minimum Gasteiger partial charge on any atom is -0.507 e. The molecule has 2 saturated heterocycles. The first-order chi connectivity index (χ1) is 16.0. The topological polar surface area (TPSA) is 88.9 Å². The highest BCUT2D eigenvalue weighted by molar-refractivity contribution is 6.10. The summed E-state index contributed by atoms with van der Waals surface area (Å²) in [5.74, 6) is 1.05. The molecule has 0 atom stereocenters. The average molecular weight is 451 g/mol. The van der Waals surface area contributed by atoms with Gasteiger partial charge in [-0.3, -0.25) is 5.10 Å². The van der Waals surface area contributed by atoms with Crippen LogP contribution in [0.2, 0.25) is 0 Å². The highest BCUT2D eigenvalue weighted by Gasteiger charge is 2.35. The van der Waals surface area contributed by atoms with Gasteiger partial charge in [0.15, 0.2) is 0 Å². The highest BCUT2D eigenvalue weighted by Crippen LogP contribution is 2.37. The molecule has 2 fully saturated rings. The van der Waals surface area contributed by atoms with Crippen molar-refractivity contribution < 1.29 is 5.11 Å². The third-order valence-corrected chi connectivity index (χ3v) is 6.44. The number of nitrogens with one attached hydrogen (secondary N) is 2. The van der Waals surface area contributed by atoms with E-state index in [1.807, 2.05) is 19.1 Å². The van der Waals surface area contributed by atoms with E-state index in [9.17, 15) is 5.11 Å². The van der Waals surface area contributed by atoms with Crippen LogP contribution in [0, 0.1) is 5.41 Å². The molecule has 0 saturated carbocycles. The first kappa shape index (κ1) is 24.7. The van der Waals surface area contributed by atoms with Gasteiger partial charge in [0, 0.05) is 37.0 Å². The molecule has 7 heteroatoms. The van der Waals surface area contributed by atoms with Crippen LogP contribution in [0.15, 0.2) is 53.5 Å². The number of aromatic nitrogens is 2. The van der Waals surface area contributed by atoms with Gasteiger partial charge in [0.2, 0.25) is 0 Å². The summed E-state index contributed by atoms with van der Waals surface area (Å²) in [6, 6.07) is 5.47. The van der Waals surface area contributed by atoms with E-state index in [-0.39, 0.29) is 5.75 Å². The van der Waals surface area contributed by atoms with Crippen LogP contribution in [0.3, 0.4) is 0 Å². The minimum absolute atomic E-state index is 0.143. The van der Waals surface area contributed by atoms with E-state index in [0.717, 1.165) is 43.1 Å². The lowest BCUT2D eigenvalue weighted by molar-refractivity contribution is 0.111. The van der Waals surface area contributed by atoms with Gasteiger partial charge < -0.3 is 15.3 Å². The molecule has 0 radical (unpaired) electrons. The van der Waals surface area contributed by atoms with Crippen molar-refractivity contribution in [2.45, 2.75) is 52.9 Å². The summed E-state index contributed by atoms with van der Waals surface area (Å²) in [4.78, 5) is 2.31. The molecule has 178 valence electrons. The standard InChI is InChI=1S/C23H30N6O.C3H8/c1-3-21(20-6-5-18(13-22(20)30)19-14-25-26-15-19)28-27-17(2)29-11-8-23(9-12-29)7-4-10-24-16-23;1-3-2/h3,5-6,13-15,24,30H,1,4,7-12,16H2,2H3,(H,25,26);3H2,1-2H3/b27-17+,28-21+;. The smallest absolute Gasteiger partial charge is 0.125 e. The van der Waals surface area contributed by atoms with Gasteiger partial charge in [-0.25, -0.2) is 0 Å². The second-order valence-electron chi connectivity index (χ2n) is 9.03. The maximum absolute atomic E-state index is 10.5. The van der Waals surface area contributed by atoms with Crippen molar-refractivity contribution >= 4 is 11.5 Å². The van der Waals surface area contributed by atoms with Crippen LogP contribution in [-0.4, -0.2) is 57.9 Å². The Morgan fingerprint density at radius 1 is 1.21 bits per heavy atom. The zero-order valence-corrected chi connectivity index (χ0v) is 20.3. The number of rotatable bonds is 4. The molecule has 0 unspecified atom stereocenters. The van der Waals surface area contributed by atoms with Crippen LogP contribution in [-0.2, 0) is 0 Å². The molecule has 0 amide bonds. The Kier molecular flexibility index (Phi) is 8.83.